The van der Waals surface area contributed by atoms with Crippen LogP contribution in [-0.4, -0.2) is 9.97 Å². The van der Waals surface area contributed by atoms with E-state index in [-0.39, 0.29) is 0 Å². The third-order valence-electron chi connectivity index (χ3n) is 2.43. The fourth-order valence-corrected chi connectivity index (χ4v) is 1.73. The van der Waals surface area contributed by atoms with Gasteiger partial charge in [-0.15, -0.1) is 0 Å². The Bertz CT molecular complexity index is 382. The van der Waals surface area contributed by atoms with Crippen molar-refractivity contribution in [2.45, 2.75) is 20.3 Å². The number of hydrogen-bond donors (Lipinski definition) is 2. The maximum absolute atomic E-state index is 3.30. The van der Waals surface area contributed by atoms with E-state index >= 15 is 0 Å². The second-order valence-electron chi connectivity index (χ2n) is 3.26. The average molecular weight is 174 g/mol. The lowest BCUT2D eigenvalue weighted by molar-refractivity contribution is 1.12. The van der Waals surface area contributed by atoms with Gasteiger partial charge < -0.3 is 9.97 Å². The van der Waals surface area contributed by atoms with Gasteiger partial charge >= 0.3 is 0 Å². The molecule has 0 aliphatic carbocycles. The van der Waals surface area contributed by atoms with Gasteiger partial charge in [-0.05, 0) is 36.6 Å². The van der Waals surface area contributed by atoms with Crippen molar-refractivity contribution in [2.75, 3.05) is 0 Å². The molecule has 13 heavy (non-hydrogen) atoms. The van der Waals surface area contributed by atoms with Crippen molar-refractivity contribution < 1.29 is 0 Å². The summed E-state index contributed by atoms with van der Waals surface area (Å²) in [6, 6.07) is 4.11. The number of nitrogens with one attached hydrogen (secondary N) is 2. The van der Waals surface area contributed by atoms with E-state index in [1.807, 2.05) is 12.3 Å². The molecule has 0 fully saturated rings. The Morgan fingerprint density at radius 1 is 1.31 bits per heavy atom. The molecular formula is C11H14N2. The first-order chi connectivity index (χ1) is 6.33. The molecule has 0 aliphatic heterocycles. The van der Waals surface area contributed by atoms with Crippen LogP contribution in [0.1, 0.15) is 18.1 Å². The average Bonchev–Trinajstić information content (AvgIpc) is 2.71. The summed E-state index contributed by atoms with van der Waals surface area (Å²) in [6.45, 7) is 4.32. The van der Waals surface area contributed by atoms with Crippen LogP contribution in [0.3, 0.4) is 0 Å². The fraction of sp³-hybridized carbons (Fsp3) is 0.273. The third kappa shape index (κ3) is 1.28. The summed E-state index contributed by atoms with van der Waals surface area (Å²) in [5.74, 6) is 0. The summed E-state index contributed by atoms with van der Waals surface area (Å²) in [6.07, 6.45) is 5.09. The molecule has 2 aromatic rings. The predicted octanol–water partition coefficient (Wildman–Crippen LogP) is 2.88. The van der Waals surface area contributed by atoms with E-state index in [2.05, 4.69) is 36.1 Å². The SMILES string of the molecule is CCc1c(C)c[nH]c1-c1ccc[nH]1. The zero-order valence-corrected chi connectivity index (χ0v) is 8.02. The quantitative estimate of drug-likeness (QED) is 0.701. The molecule has 0 bridgehead atoms. The molecule has 2 rings (SSSR count). The van der Waals surface area contributed by atoms with Crippen molar-refractivity contribution in [3.63, 3.8) is 0 Å². The van der Waals surface area contributed by atoms with E-state index in [0.717, 1.165) is 6.42 Å². The van der Waals surface area contributed by atoms with Crippen molar-refractivity contribution in [3.05, 3.63) is 35.7 Å². The Hall–Kier alpha value is -1.44. The molecule has 0 saturated carbocycles. The molecule has 0 aliphatic rings. The molecule has 0 atom stereocenters. The number of hydrogen-bond acceptors (Lipinski definition) is 0. The topological polar surface area (TPSA) is 31.6 Å². The molecule has 0 saturated heterocycles. The summed E-state index contributed by atoms with van der Waals surface area (Å²) in [7, 11) is 0. The van der Waals surface area contributed by atoms with Crippen LogP contribution in [0.2, 0.25) is 0 Å². The molecule has 0 aromatic carbocycles. The van der Waals surface area contributed by atoms with E-state index < -0.39 is 0 Å². The Balaban J connectivity index is 2.52. The van der Waals surface area contributed by atoms with Crippen molar-refractivity contribution in [1.82, 2.24) is 9.97 Å². The Morgan fingerprint density at radius 3 is 2.77 bits per heavy atom. The van der Waals surface area contributed by atoms with E-state index in [0.29, 0.717) is 0 Å². The predicted molar refractivity (Wildman–Crippen MR) is 54.7 cm³/mol. The normalized spacial score (nSPS) is 10.6. The lowest BCUT2D eigenvalue weighted by Gasteiger charge is -1.99. The van der Waals surface area contributed by atoms with Crippen LogP contribution in [0.5, 0.6) is 0 Å². The number of H-pyrrole nitrogens is 2. The van der Waals surface area contributed by atoms with Crippen LogP contribution in [-0.2, 0) is 6.42 Å². The van der Waals surface area contributed by atoms with E-state index in [4.69, 9.17) is 0 Å². The Morgan fingerprint density at radius 2 is 2.15 bits per heavy atom. The first-order valence-electron chi connectivity index (χ1n) is 4.63. The first-order valence-corrected chi connectivity index (χ1v) is 4.63. The highest BCUT2D eigenvalue weighted by atomic mass is 14.8. The summed E-state index contributed by atoms with van der Waals surface area (Å²) in [5.41, 5.74) is 5.14. The minimum absolute atomic E-state index is 1.07. The van der Waals surface area contributed by atoms with Crippen molar-refractivity contribution in [2.24, 2.45) is 0 Å². The molecule has 68 valence electrons. The molecule has 2 heterocycles. The maximum Gasteiger partial charge on any atom is 0.0654 e. The van der Waals surface area contributed by atoms with Gasteiger partial charge in [0.15, 0.2) is 0 Å². The third-order valence-corrected chi connectivity index (χ3v) is 2.43. The number of rotatable bonds is 2. The lowest BCUT2D eigenvalue weighted by atomic mass is 10.1. The molecule has 0 radical (unpaired) electrons. The van der Waals surface area contributed by atoms with Gasteiger partial charge in [0.2, 0.25) is 0 Å². The first kappa shape index (κ1) is 8.17. The minimum atomic E-state index is 1.07. The molecule has 0 amide bonds. The van der Waals surface area contributed by atoms with Crippen LogP contribution in [0.4, 0.5) is 0 Å². The van der Waals surface area contributed by atoms with Crippen LogP contribution in [0.25, 0.3) is 11.4 Å². The second-order valence-corrected chi connectivity index (χ2v) is 3.26. The molecule has 0 spiro atoms. The van der Waals surface area contributed by atoms with Crippen molar-refractivity contribution in [3.8, 4) is 11.4 Å². The van der Waals surface area contributed by atoms with Gasteiger partial charge in [0.05, 0.1) is 11.4 Å². The maximum atomic E-state index is 3.30. The zero-order valence-electron chi connectivity index (χ0n) is 8.02. The van der Waals surface area contributed by atoms with Gasteiger partial charge in [-0.25, -0.2) is 0 Å². The largest absolute Gasteiger partial charge is 0.360 e. The summed E-state index contributed by atoms with van der Waals surface area (Å²) >= 11 is 0. The summed E-state index contributed by atoms with van der Waals surface area (Å²) in [5, 5.41) is 0. The smallest absolute Gasteiger partial charge is 0.0654 e. The number of aromatic nitrogens is 2. The standard InChI is InChI=1S/C11H14N2/c1-3-9-8(2)7-13-11(9)10-5-4-6-12-10/h4-7,12-13H,3H2,1-2H3. The lowest BCUT2D eigenvalue weighted by Crippen LogP contribution is -1.85. The highest BCUT2D eigenvalue weighted by Gasteiger charge is 2.07. The van der Waals surface area contributed by atoms with E-state index in [1.54, 1.807) is 0 Å². The molecule has 2 aromatic heterocycles. The zero-order chi connectivity index (χ0) is 9.26. The fourth-order valence-electron chi connectivity index (χ4n) is 1.73. The molecule has 0 unspecified atom stereocenters. The molecule has 2 heteroatoms. The van der Waals surface area contributed by atoms with Crippen LogP contribution >= 0.6 is 0 Å². The van der Waals surface area contributed by atoms with E-state index in [1.165, 1.54) is 22.5 Å². The number of aromatic amines is 2. The Labute approximate surface area is 78.0 Å². The van der Waals surface area contributed by atoms with Crippen LogP contribution in [0, 0.1) is 6.92 Å². The van der Waals surface area contributed by atoms with Gasteiger partial charge in [-0.3, -0.25) is 0 Å². The van der Waals surface area contributed by atoms with Crippen molar-refractivity contribution >= 4 is 0 Å². The van der Waals surface area contributed by atoms with Gasteiger partial charge in [0.25, 0.3) is 0 Å². The minimum Gasteiger partial charge on any atom is -0.360 e. The monoisotopic (exact) mass is 174 g/mol. The molecular weight excluding hydrogens is 160 g/mol. The summed E-state index contributed by atoms with van der Waals surface area (Å²) in [4.78, 5) is 6.51. The van der Waals surface area contributed by atoms with Gasteiger partial charge in [-0.2, -0.15) is 0 Å². The van der Waals surface area contributed by atoms with Crippen LogP contribution in [0.15, 0.2) is 24.5 Å². The van der Waals surface area contributed by atoms with Gasteiger partial charge in [0.1, 0.15) is 0 Å². The van der Waals surface area contributed by atoms with Gasteiger partial charge in [0, 0.05) is 12.4 Å². The van der Waals surface area contributed by atoms with E-state index in [9.17, 15) is 0 Å². The van der Waals surface area contributed by atoms with Gasteiger partial charge in [-0.1, -0.05) is 6.92 Å². The second kappa shape index (κ2) is 3.13. The van der Waals surface area contributed by atoms with Crippen molar-refractivity contribution in [1.29, 1.82) is 0 Å². The highest BCUT2D eigenvalue weighted by molar-refractivity contribution is 5.61. The van der Waals surface area contributed by atoms with Crippen LogP contribution < -0.4 is 0 Å². The molecule has 2 N–H and O–H groups in total. The molecule has 2 nitrogen and oxygen atoms in total. The summed E-state index contributed by atoms with van der Waals surface area (Å²) < 4.78 is 0. The number of aryl methyl sites for hydroxylation is 1. The highest BCUT2D eigenvalue weighted by Crippen LogP contribution is 2.23. The Kier molecular flexibility index (Phi) is 1.97.